The summed E-state index contributed by atoms with van der Waals surface area (Å²) in [5, 5.41) is 9.22. The van der Waals surface area contributed by atoms with Crippen LogP contribution in [0, 0.1) is 5.92 Å². The summed E-state index contributed by atoms with van der Waals surface area (Å²) in [4.78, 5) is 13.6. The van der Waals surface area contributed by atoms with E-state index >= 15 is 0 Å². The summed E-state index contributed by atoms with van der Waals surface area (Å²) in [6.07, 6.45) is 0.349. The van der Waals surface area contributed by atoms with Crippen molar-refractivity contribution in [3.63, 3.8) is 0 Å². The molecule has 5 heteroatoms. The Bertz CT molecular complexity index is 219. The van der Waals surface area contributed by atoms with Crippen LogP contribution in [0.5, 0.6) is 0 Å². The van der Waals surface area contributed by atoms with E-state index in [2.05, 4.69) is 0 Å². The summed E-state index contributed by atoms with van der Waals surface area (Å²) in [6.45, 7) is 2.91. The van der Waals surface area contributed by atoms with E-state index in [1.165, 1.54) is 7.11 Å². The Labute approximate surface area is 90.2 Å². The maximum Gasteiger partial charge on any atom is 0.253 e. The van der Waals surface area contributed by atoms with Crippen LogP contribution in [0.15, 0.2) is 0 Å². The second-order valence-electron chi connectivity index (χ2n) is 4.01. The van der Waals surface area contributed by atoms with Gasteiger partial charge in [-0.15, -0.1) is 0 Å². The second kappa shape index (κ2) is 5.44. The third kappa shape index (κ3) is 2.48. The molecule has 0 bridgehead atoms. The first-order valence-corrected chi connectivity index (χ1v) is 5.29. The highest BCUT2D eigenvalue weighted by atomic mass is 16.5. The van der Waals surface area contributed by atoms with Crippen LogP contribution >= 0.6 is 0 Å². The standard InChI is InChI=1S/C10H20N2O3/c1-7-3-4-12(8(7)6-13)10(14)9(5-11)15-2/h7-9,13H,3-6,11H2,1-2H3. The highest BCUT2D eigenvalue weighted by Gasteiger charge is 2.36. The SMILES string of the molecule is COC(CN)C(=O)N1CCC(C)C1CO. The zero-order valence-corrected chi connectivity index (χ0v) is 9.35. The number of hydrogen-bond acceptors (Lipinski definition) is 4. The van der Waals surface area contributed by atoms with Crippen molar-refractivity contribution in [1.29, 1.82) is 0 Å². The lowest BCUT2D eigenvalue weighted by atomic mass is 10.0. The van der Waals surface area contributed by atoms with Gasteiger partial charge in [-0.3, -0.25) is 4.79 Å². The molecule has 0 aromatic rings. The third-order valence-corrected chi connectivity index (χ3v) is 3.13. The van der Waals surface area contributed by atoms with E-state index in [1.54, 1.807) is 4.90 Å². The molecule has 1 heterocycles. The van der Waals surface area contributed by atoms with Gasteiger partial charge in [0, 0.05) is 20.2 Å². The Balaban J connectivity index is 2.66. The Kier molecular flexibility index (Phi) is 4.50. The van der Waals surface area contributed by atoms with Gasteiger partial charge in [0.15, 0.2) is 0 Å². The summed E-state index contributed by atoms with van der Waals surface area (Å²) in [5.41, 5.74) is 5.44. The summed E-state index contributed by atoms with van der Waals surface area (Å²) < 4.78 is 5.00. The molecule has 1 aliphatic heterocycles. The average molecular weight is 216 g/mol. The van der Waals surface area contributed by atoms with Gasteiger partial charge in [0.05, 0.1) is 12.6 Å². The van der Waals surface area contributed by atoms with Crippen LogP contribution in [-0.2, 0) is 9.53 Å². The zero-order chi connectivity index (χ0) is 11.4. The summed E-state index contributed by atoms with van der Waals surface area (Å²) >= 11 is 0. The molecule has 3 N–H and O–H groups in total. The first-order valence-electron chi connectivity index (χ1n) is 5.29. The van der Waals surface area contributed by atoms with E-state index in [4.69, 9.17) is 10.5 Å². The fourth-order valence-electron chi connectivity index (χ4n) is 2.04. The number of amides is 1. The van der Waals surface area contributed by atoms with Gasteiger partial charge in [-0.1, -0.05) is 6.92 Å². The van der Waals surface area contributed by atoms with Crippen LogP contribution in [0.4, 0.5) is 0 Å². The molecule has 15 heavy (non-hydrogen) atoms. The van der Waals surface area contributed by atoms with Gasteiger partial charge < -0.3 is 20.5 Å². The molecule has 88 valence electrons. The van der Waals surface area contributed by atoms with Gasteiger partial charge in [0.1, 0.15) is 6.10 Å². The lowest BCUT2D eigenvalue weighted by Gasteiger charge is -2.28. The van der Waals surface area contributed by atoms with Crippen LogP contribution in [0.25, 0.3) is 0 Å². The Morgan fingerprint density at radius 2 is 2.40 bits per heavy atom. The first-order chi connectivity index (χ1) is 7.15. The molecule has 1 rings (SSSR count). The van der Waals surface area contributed by atoms with Crippen molar-refractivity contribution in [2.45, 2.75) is 25.5 Å². The molecule has 0 aromatic heterocycles. The Morgan fingerprint density at radius 1 is 1.73 bits per heavy atom. The maximum absolute atomic E-state index is 11.9. The van der Waals surface area contributed by atoms with E-state index in [9.17, 15) is 9.90 Å². The molecular formula is C10H20N2O3. The number of hydrogen-bond donors (Lipinski definition) is 2. The first kappa shape index (κ1) is 12.4. The number of likely N-dealkylation sites (tertiary alicyclic amines) is 1. The van der Waals surface area contributed by atoms with Gasteiger partial charge in [-0.05, 0) is 12.3 Å². The quantitative estimate of drug-likeness (QED) is 0.644. The van der Waals surface area contributed by atoms with Gasteiger partial charge in [0.25, 0.3) is 5.91 Å². The zero-order valence-electron chi connectivity index (χ0n) is 9.35. The molecular weight excluding hydrogens is 196 g/mol. The normalized spacial score (nSPS) is 28.1. The number of aliphatic hydroxyl groups excluding tert-OH is 1. The van der Waals surface area contributed by atoms with Crippen molar-refractivity contribution in [1.82, 2.24) is 4.90 Å². The smallest absolute Gasteiger partial charge is 0.253 e. The van der Waals surface area contributed by atoms with E-state index in [0.717, 1.165) is 6.42 Å². The van der Waals surface area contributed by atoms with Crippen molar-refractivity contribution < 1.29 is 14.6 Å². The molecule has 3 unspecified atom stereocenters. The van der Waals surface area contributed by atoms with Crippen molar-refractivity contribution in [3.8, 4) is 0 Å². The molecule has 5 nitrogen and oxygen atoms in total. The number of carbonyl (C=O) groups is 1. The highest BCUT2D eigenvalue weighted by molar-refractivity contribution is 5.81. The molecule has 1 aliphatic rings. The van der Waals surface area contributed by atoms with Gasteiger partial charge in [0.2, 0.25) is 0 Å². The number of ether oxygens (including phenoxy) is 1. The predicted octanol–water partition coefficient (Wildman–Crippen LogP) is -0.811. The van der Waals surface area contributed by atoms with Crippen molar-refractivity contribution >= 4 is 5.91 Å². The average Bonchev–Trinajstić information content (AvgIpc) is 2.61. The third-order valence-electron chi connectivity index (χ3n) is 3.13. The molecule has 0 radical (unpaired) electrons. The number of nitrogens with zero attached hydrogens (tertiary/aromatic N) is 1. The molecule has 0 aliphatic carbocycles. The van der Waals surface area contributed by atoms with Crippen LogP contribution in [-0.4, -0.2) is 54.9 Å². The second-order valence-corrected chi connectivity index (χ2v) is 4.01. The Morgan fingerprint density at radius 3 is 2.87 bits per heavy atom. The lowest BCUT2D eigenvalue weighted by molar-refractivity contribution is -0.143. The summed E-state index contributed by atoms with van der Waals surface area (Å²) in [6, 6.07) is -0.0818. The Hall–Kier alpha value is -0.650. The fourth-order valence-corrected chi connectivity index (χ4v) is 2.04. The molecule has 0 aromatic carbocycles. The topological polar surface area (TPSA) is 75.8 Å². The number of nitrogens with two attached hydrogens (primary N) is 1. The monoisotopic (exact) mass is 216 g/mol. The largest absolute Gasteiger partial charge is 0.394 e. The fraction of sp³-hybridized carbons (Fsp3) is 0.900. The van der Waals surface area contributed by atoms with Crippen molar-refractivity contribution in [3.05, 3.63) is 0 Å². The number of carbonyl (C=O) groups excluding carboxylic acids is 1. The van der Waals surface area contributed by atoms with Crippen LogP contribution in [0.1, 0.15) is 13.3 Å². The lowest BCUT2D eigenvalue weighted by Crippen LogP contribution is -2.47. The number of methoxy groups -OCH3 is 1. The predicted molar refractivity (Wildman–Crippen MR) is 56.2 cm³/mol. The summed E-state index contributed by atoms with van der Waals surface area (Å²) in [7, 11) is 1.48. The molecule has 3 atom stereocenters. The van der Waals surface area contributed by atoms with Gasteiger partial charge in [-0.25, -0.2) is 0 Å². The van der Waals surface area contributed by atoms with E-state index in [-0.39, 0.29) is 25.1 Å². The van der Waals surface area contributed by atoms with Crippen LogP contribution in [0.3, 0.4) is 0 Å². The number of rotatable bonds is 4. The molecule has 0 spiro atoms. The molecule has 1 saturated heterocycles. The van der Waals surface area contributed by atoms with E-state index < -0.39 is 6.10 Å². The van der Waals surface area contributed by atoms with Crippen molar-refractivity contribution in [2.24, 2.45) is 11.7 Å². The highest BCUT2D eigenvalue weighted by Crippen LogP contribution is 2.24. The minimum atomic E-state index is -0.579. The van der Waals surface area contributed by atoms with Crippen LogP contribution in [0.2, 0.25) is 0 Å². The minimum absolute atomic E-state index is 0.00785. The maximum atomic E-state index is 11.9. The van der Waals surface area contributed by atoms with E-state index in [1.807, 2.05) is 6.92 Å². The molecule has 0 saturated carbocycles. The minimum Gasteiger partial charge on any atom is -0.394 e. The molecule has 1 amide bonds. The van der Waals surface area contributed by atoms with Crippen LogP contribution < -0.4 is 5.73 Å². The molecule has 1 fully saturated rings. The van der Waals surface area contributed by atoms with Crippen molar-refractivity contribution in [2.75, 3.05) is 26.8 Å². The van der Waals surface area contributed by atoms with E-state index in [0.29, 0.717) is 12.5 Å². The summed E-state index contributed by atoms with van der Waals surface area (Å²) in [5.74, 6) is 0.234. The van der Waals surface area contributed by atoms with Gasteiger partial charge >= 0.3 is 0 Å². The van der Waals surface area contributed by atoms with Gasteiger partial charge in [-0.2, -0.15) is 0 Å². The number of aliphatic hydroxyl groups is 1.